The number of ether oxygens (including phenoxy) is 1. The minimum Gasteiger partial charge on any atom is -0.603 e. The van der Waals surface area contributed by atoms with Gasteiger partial charge in [0.15, 0.2) is 6.08 Å². The molecule has 0 aliphatic carbocycles. The number of benzene rings is 1. The lowest BCUT2D eigenvalue weighted by Crippen LogP contribution is -2.21. The van der Waals surface area contributed by atoms with Crippen LogP contribution < -0.4 is 5.11 Å². The Bertz CT molecular complexity index is 461. The van der Waals surface area contributed by atoms with Crippen molar-refractivity contribution in [2.24, 2.45) is 4.40 Å². The van der Waals surface area contributed by atoms with Gasteiger partial charge >= 0.3 is 0 Å². The molecule has 0 saturated heterocycles. The molecule has 0 bridgehead atoms. The first kappa shape index (κ1) is 11.5. The number of sulfonamides is 1. The molecule has 1 aromatic carbocycles. The number of hydrogen-bond donors (Lipinski definition) is 0. The van der Waals surface area contributed by atoms with Gasteiger partial charge in [-0.25, -0.2) is 0 Å². The highest BCUT2D eigenvalue weighted by Crippen LogP contribution is 2.12. The maximum absolute atomic E-state index is 11.4. The Balaban J connectivity index is 3.13. The molecule has 0 radical (unpaired) electrons. The zero-order valence-corrected chi connectivity index (χ0v) is 9.11. The van der Waals surface area contributed by atoms with Crippen LogP contribution in [0.15, 0.2) is 33.6 Å². The third kappa shape index (κ3) is 2.95. The van der Waals surface area contributed by atoms with Crippen LogP contribution in [0, 0.1) is 6.92 Å². The summed E-state index contributed by atoms with van der Waals surface area (Å²) >= 11 is 0. The maximum Gasteiger partial charge on any atom is 0.284 e. The average Bonchev–Trinajstić information content (AvgIpc) is 2.17. The van der Waals surface area contributed by atoms with Crippen molar-refractivity contribution < 1.29 is 18.3 Å². The van der Waals surface area contributed by atoms with Gasteiger partial charge < -0.3 is 9.84 Å². The standard InChI is InChI=1S/C9H11NO4S/c1-7-3-5-8(6-4-7)15(12,13)10-9(11)14-2/h3-6H,1-2H3,(H,10,11)/p-1. The average molecular weight is 228 g/mol. The molecule has 15 heavy (non-hydrogen) atoms. The normalized spacial score (nSPS) is 12.5. The summed E-state index contributed by atoms with van der Waals surface area (Å²) in [4.78, 5) is -0.0292. The maximum atomic E-state index is 11.4. The number of aryl methyl sites for hydroxylation is 1. The van der Waals surface area contributed by atoms with Crippen LogP contribution in [0.4, 0.5) is 0 Å². The molecular weight excluding hydrogens is 218 g/mol. The van der Waals surface area contributed by atoms with Gasteiger partial charge in [0.1, 0.15) is 0 Å². The number of methoxy groups -OCH3 is 1. The number of hydrogen-bond acceptors (Lipinski definition) is 4. The lowest BCUT2D eigenvalue weighted by molar-refractivity contribution is -0.246. The fraction of sp³-hybridized carbons (Fsp3) is 0.222. The lowest BCUT2D eigenvalue weighted by atomic mass is 10.2. The molecule has 1 aromatic rings. The number of rotatable bonds is 2. The van der Waals surface area contributed by atoms with Crippen LogP contribution in [-0.4, -0.2) is 21.6 Å². The van der Waals surface area contributed by atoms with Crippen molar-refractivity contribution >= 4 is 16.1 Å². The topological polar surface area (TPSA) is 78.8 Å². The first-order valence-electron chi connectivity index (χ1n) is 4.08. The van der Waals surface area contributed by atoms with Crippen LogP contribution in [0.5, 0.6) is 0 Å². The van der Waals surface area contributed by atoms with E-state index < -0.39 is 16.1 Å². The zero-order valence-electron chi connectivity index (χ0n) is 8.30. The Morgan fingerprint density at radius 3 is 2.33 bits per heavy atom. The summed E-state index contributed by atoms with van der Waals surface area (Å²) in [7, 11) is -2.87. The highest BCUT2D eigenvalue weighted by atomic mass is 32.2. The van der Waals surface area contributed by atoms with Crippen molar-refractivity contribution in [2.75, 3.05) is 7.11 Å². The van der Waals surface area contributed by atoms with Crippen LogP contribution in [0.1, 0.15) is 5.56 Å². The third-order valence-corrected chi connectivity index (χ3v) is 2.95. The summed E-state index contributed by atoms with van der Waals surface area (Å²) in [6.07, 6.45) is -1.13. The second-order valence-corrected chi connectivity index (χ2v) is 4.45. The van der Waals surface area contributed by atoms with E-state index >= 15 is 0 Å². The molecular formula is C9H10NO4S-. The van der Waals surface area contributed by atoms with Gasteiger partial charge in [-0.3, -0.25) is 0 Å². The van der Waals surface area contributed by atoms with Gasteiger partial charge in [0.25, 0.3) is 10.0 Å². The molecule has 6 heteroatoms. The summed E-state index contributed by atoms with van der Waals surface area (Å²) in [5.74, 6) is 0. The second-order valence-electron chi connectivity index (χ2n) is 2.85. The first-order chi connectivity index (χ1) is 6.95. The summed E-state index contributed by atoms with van der Waals surface area (Å²) in [6, 6.07) is 6.02. The van der Waals surface area contributed by atoms with Crippen LogP contribution in [0.25, 0.3) is 0 Å². The minimum atomic E-state index is -3.94. The molecule has 82 valence electrons. The molecule has 1 rings (SSSR count). The zero-order chi connectivity index (χ0) is 11.5. The molecule has 5 nitrogen and oxygen atoms in total. The monoisotopic (exact) mass is 228 g/mol. The van der Waals surface area contributed by atoms with Gasteiger partial charge in [0, 0.05) is 0 Å². The molecule has 0 N–H and O–H groups in total. The molecule has 0 unspecified atom stereocenters. The van der Waals surface area contributed by atoms with Crippen molar-refractivity contribution in [3.8, 4) is 0 Å². The smallest absolute Gasteiger partial charge is 0.284 e. The van der Waals surface area contributed by atoms with Gasteiger partial charge in [-0.1, -0.05) is 17.7 Å². The fourth-order valence-corrected chi connectivity index (χ4v) is 1.75. The van der Waals surface area contributed by atoms with Gasteiger partial charge in [0.05, 0.1) is 4.90 Å². The molecule has 0 aliphatic heterocycles. The Labute approximate surface area is 88.1 Å². The predicted octanol–water partition coefficient (Wildman–Crippen LogP) is 0.0464. The second kappa shape index (κ2) is 4.31. The fourth-order valence-electron chi connectivity index (χ4n) is 0.898. The van der Waals surface area contributed by atoms with Crippen LogP contribution in [0.3, 0.4) is 0 Å². The Morgan fingerprint density at radius 1 is 1.33 bits per heavy atom. The van der Waals surface area contributed by atoms with Crippen molar-refractivity contribution in [1.29, 1.82) is 0 Å². The van der Waals surface area contributed by atoms with Crippen molar-refractivity contribution in [2.45, 2.75) is 11.8 Å². The Kier molecular flexibility index (Phi) is 3.31. The summed E-state index contributed by atoms with van der Waals surface area (Å²) in [5, 5.41) is 10.7. The van der Waals surface area contributed by atoms with E-state index in [-0.39, 0.29) is 4.90 Å². The van der Waals surface area contributed by atoms with Crippen LogP contribution in [0.2, 0.25) is 0 Å². The van der Waals surface area contributed by atoms with E-state index in [0.717, 1.165) is 12.7 Å². The molecule has 0 saturated carbocycles. The Hall–Kier alpha value is -1.56. The Morgan fingerprint density at radius 2 is 1.87 bits per heavy atom. The molecule has 0 spiro atoms. The molecule has 0 heterocycles. The van der Waals surface area contributed by atoms with Gasteiger partial charge in [-0.2, -0.15) is 8.42 Å². The third-order valence-electron chi connectivity index (χ3n) is 1.69. The highest BCUT2D eigenvalue weighted by molar-refractivity contribution is 7.90. The quantitative estimate of drug-likeness (QED) is 0.529. The predicted molar refractivity (Wildman–Crippen MR) is 52.8 cm³/mol. The molecule has 0 amide bonds. The SMILES string of the molecule is CO/C([O-])=N/S(=O)(=O)c1ccc(C)cc1. The van der Waals surface area contributed by atoms with E-state index in [1.54, 1.807) is 12.1 Å². The molecule has 0 atom stereocenters. The van der Waals surface area contributed by atoms with E-state index in [0.29, 0.717) is 0 Å². The van der Waals surface area contributed by atoms with Crippen LogP contribution in [-0.2, 0) is 14.8 Å². The lowest BCUT2D eigenvalue weighted by Gasteiger charge is -2.06. The highest BCUT2D eigenvalue weighted by Gasteiger charge is 2.11. The summed E-state index contributed by atoms with van der Waals surface area (Å²) in [5.41, 5.74) is 0.923. The van der Waals surface area contributed by atoms with Crippen LogP contribution >= 0.6 is 0 Å². The minimum absolute atomic E-state index is 0.0292. The summed E-state index contributed by atoms with van der Waals surface area (Å²) < 4.78 is 30.0. The molecule has 0 fully saturated rings. The summed E-state index contributed by atoms with van der Waals surface area (Å²) in [6.45, 7) is 1.83. The molecule has 0 aromatic heterocycles. The molecule has 0 aliphatic rings. The van der Waals surface area contributed by atoms with Gasteiger partial charge in [-0.05, 0) is 26.2 Å². The van der Waals surface area contributed by atoms with E-state index in [1.165, 1.54) is 12.1 Å². The van der Waals surface area contributed by atoms with Crippen molar-refractivity contribution in [3.05, 3.63) is 29.8 Å². The van der Waals surface area contributed by atoms with E-state index in [2.05, 4.69) is 9.13 Å². The van der Waals surface area contributed by atoms with E-state index in [4.69, 9.17) is 0 Å². The van der Waals surface area contributed by atoms with Gasteiger partial charge in [0.2, 0.25) is 0 Å². The van der Waals surface area contributed by atoms with E-state index in [9.17, 15) is 13.5 Å². The first-order valence-corrected chi connectivity index (χ1v) is 5.52. The number of nitrogens with zero attached hydrogens (tertiary/aromatic N) is 1. The van der Waals surface area contributed by atoms with Gasteiger partial charge in [-0.15, -0.1) is 4.40 Å². The largest absolute Gasteiger partial charge is 0.603 e. The van der Waals surface area contributed by atoms with Crippen molar-refractivity contribution in [3.63, 3.8) is 0 Å². The van der Waals surface area contributed by atoms with E-state index in [1.807, 2.05) is 6.92 Å². The van der Waals surface area contributed by atoms with Crippen molar-refractivity contribution in [1.82, 2.24) is 0 Å².